The highest BCUT2D eigenvalue weighted by Gasteiger charge is 2.25. The minimum Gasteiger partial charge on any atom is -0.460 e. The molecule has 4 aliphatic rings. The zero-order valence-electron chi connectivity index (χ0n) is 17.6. The van der Waals surface area contributed by atoms with Gasteiger partial charge in [0.25, 0.3) is 0 Å². The van der Waals surface area contributed by atoms with E-state index in [0.29, 0.717) is 6.04 Å². The van der Waals surface area contributed by atoms with Gasteiger partial charge >= 0.3 is 0 Å². The largest absolute Gasteiger partial charge is 0.460 e. The van der Waals surface area contributed by atoms with Gasteiger partial charge in [-0.05, 0) is 37.3 Å². The van der Waals surface area contributed by atoms with Crippen LogP contribution in [0.2, 0.25) is 0 Å². The Morgan fingerprint density at radius 3 is 2.70 bits per heavy atom. The van der Waals surface area contributed by atoms with Gasteiger partial charge in [0.1, 0.15) is 12.0 Å². The van der Waals surface area contributed by atoms with Gasteiger partial charge in [-0.2, -0.15) is 0 Å². The molecule has 1 aromatic rings. The number of hydrogen-bond acceptors (Lipinski definition) is 5. The van der Waals surface area contributed by atoms with Gasteiger partial charge in [-0.1, -0.05) is 42.0 Å². The van der Waals surface area contributed by atoms with Crippen LogP contribution < -0.4 is 5.32 Å². The highest BCUT2D eigenvalue weighted by molar-refractivity contribution is 5.53. The van der Waals surface area contributed by atoms with E-state index in [1.165, 1.54) is 29.7 Å². The Labute approximate surface area is 179 Å². The fourth-order valence-electron chi connectivity index (χ4n) is 4.66. The molecule has 158 valence electrons. The van der Waals surface area contributed by atoms with E-state index in [4.69, 9.17) is 9.47 Å². The van der Waals surface area contributed by atoms with Crippen LogP contribution in [-0.4, -0.2) is 48.6 Å². The van der Waals surface area contributed by atoms with Crippen LogP contribution in [-0.2, 0) is 15.9 Å². The number of benzene rings is 1. The van der Waals surface area contributed by atoms with Crippen molar-refractivity contribution in [2.24, 2.45) is 0 Å². The van der Waals surface area contributed by atoms with Crippen molar-refractivity contribution in [1.82, 2.24) is 9.80 Å². The molecule has 1 aliphatic carbocycles. The van der Waals surface area contributed by atoms with Gasteiger partial charge in [0, 0.05) is 50.9 Å². The first-order valence-corrected chi connectivity index (χ1v) is 11.2. The number of allylic oxidation sites excluding steroid dienone is 4. The highest BCUT2D eigenvalue weighted by atomic mass is 16.6. The molecule has 3 aliphatic heterocycles. The van der Waals surface area contributed by atoms with Crippen LogP contribution in [0.3, 0.4) is 0 Å². The third-order valence-corrected chi connectivity index (χ3v) is 6.43. The van der Waals surface area contributed by atoms with Crippen molar-refractivity contribution in [1.29, 1.82) is 0 Å². The van der Waals surface area contributed by atoms with E-state index in [1.807, 2.05) is 0 Å². The van der Waals surface area contributed by atoms with E-state index >= 15 is 0 Å². The summed E-state index contributed by atoms with van der Waals surface area (Å²) in [7, 11) is 0. The molecule has 0 saturated carbocycles. The minimum atomic E-state index is 0.536. The molecule has 0 bridgehead atoms. The maximum atomic E-state index is 5.92. The molecule has 0 spiro atoms. The van der Waals surface area contributed by atoms with Crippen molar-refractivity contribution < 1.29 is 9.47 Å². The van der Waals surface area contributed by atoms with Gasteiger partial charge in [-0.25, -0.2) is 0 Å². The molecule has 5 nitrogen and oxygen atoms in total. The topological polar surface area (TPSA) is 37.0 Å². The molecule has 1 unspecified atom stereocenters. The second kappa shape index (κ2) is 9.00. The predicted octanol–water partition coefficient (Wildman–Crippen LogP) is 4.38. The normalized spacial score (nSPS) is 23.9. The van der Waals surface area contributed by atoms with Crippen LogP contribution in [0, 0.1) is 0 Å². The van der Waals surface area contributed by atoms with Crippen molar-refractivity contribution in [3.8, 4) is 0 Å². The SMILES string of the molecule is C1=CCCC(CC2=COC(N3CCN(CC4CCc5ccccc5N4)CC3)=CO2)=C1. The third kappa shape index (κ3) is 4.57. The van der Waals surface area contributed by atoms with Crippen molar-refractivity contribution in [3.05, 3.63) is 77.8 Å². The van der Waals surface area contributed by atoms with Crippen LogP contribution in [0.25, 0.3) is 0 Å². The summed E-state index contributed by atoms with van der Waals surface area (Å²) in [5.41, 5.74) is 4.16. The summed E-state index contributed by atoms with van der Waals surface area (Å²) in [5.74, 6) is 1.73. The van der Waals surface area contributed by atoms with Crippen molar-refractivity contribution in [2.45, 2.75) is 38.1 Å². The van der Waals surface area contributed by atoms with Crippen molar-refractivity contribution in [3.63, 3.8) is 0 Å². The summed E-state index contributed by atoms with van der Waals surface area (Å²) in [6.07, 6.45) is 15.5. The quantitative estimate of drug-likeness (QED) is 0.787. The lowest BCUT2D eigenvalue weighted by Crippen LogP contribution is -2.49. The molecule has 1 N–H and O–H groups in total. The van der Waals surface area contributed by atoms with Crippen LogP contribution >= 0.6 is 0 Å². The summed E-state index contributed by atoms with van der Waals surface area (Å²) in [6, 6.07) is 9.23. The predicted molar refractivity (Wildman–Crippen MR) is 120 cm³/mol. The number of anilines is 1. The Morgan fingerprint density at radius 1 is 1.00 bits per heavy atom. The van der Waals surface area contributed by atoms with Gasteiger partial charge < -0.3 is 19.7 Å². The highest BCUT2D eigenvalue weighted by Crippen LogP contribution is 2.26. The number of nitrogens with zero attached hydrogens (tertiary/aromatic N) is 2. The lowest BCUT2D eigenvalue weighted by molar-refractivity contribution is 0.0808. The molecule has 1 atom stereocenters. The third-order valence-electron chi connectivity index (χ3n) is 6.43. The summed E-state index contributed by atoms with van der Waals surface area (Å²) in [4.78, 5) is 4.85. The average Bonchev–Trinajstić information content (AvgIpc) is 2.81. The van der Waals surface area contributed by atoms with Crippen LogP contribution in [0.15, 0.2) is 72.2 Å². The molecular formula is C25H31N3O2. The number of para-hydroxylation sites is 1. The monoisotopic (exact) mass is 405 g/mol. The number of rotatable bonds is 5. The zero-order valence-corrected chi connectivity index (χ0v) is 17.6. The first kappa shape index (κ1) is 19.3. The molecule has 0 aromatic heterocycles. The van der Waals surface area contributed by atoms with Gasteiger partial charge in [0.05, 0.1) is 0 Å². The summed E-state index contributed by atoms with van der Waals surface area (Å²) < 4.78 is 11.8. The van der Waals surface area contributed by atoms with Gasteiger partial charge in [-0.15, -0.1) is 0 Å². The van der Waals surface area contributed by atoms with Crippen LogP contribution in [0.4, 0.5) is 5.69 Å². The fourth-order valence-corrected chi connectivity index (χ4v) is 4.66. The maximum Gasteiger partial charge on any atom is 0.231 e. The second-order valence-electron chi connectivity index (χ2n) is 8.57. The van der Waals surface area contributed by atoms with E-state index in [9.17, 15) is 0 Å². The lowest BCUT2D eigenvalue weighted by atomic mass is 9.98. The molecule has 0 amide bonds. The van der Waals surface area contributed by atoms with E-state index in [1.54, 1.807) is 12.5 Å². The molecule has 1 aromatic carbocycles. The van der Waals surface area contributed by atoms with Crippen LogP contribution in [0.5, 0.6) is 0 Å². The first-order chi connectivity index (χ1) is 14.8. The van der Waals surface area contributed by atoms with Crippen molar-refractivity contribution >= 4 is 5.69 Å². The van der Waals surface area contributed by atoms with E-state index in [2.05, 4.69) is 57.6 Å². The van der Waals surface area contributed by atoms with Crippen LogP contribution in [0.1, 0.15) is 31.2 Å². The molecule has 1 fully saturated rings. The molecule has 0 radical (unpaired) electrons. The molecular weight excluding hydrogens is 374 g/mol. The number of fused-ring (bicyclic) bond motifs is 1. The molecule has 3 heterocycles. The Kier molecular flexibility index (Phi) is 5.80. The standard InChI is InChI=1S/C25H31N3O2/c1-2-6-20(7-3-1)16-23-18-30-25(19-29-23)28-14-12-27(13-15-28)17-22-11-10-21-8-4-5-9-24(21)26-22/h1-2,4-6,8-9,18-19,22,26H,3,7,10-17H2. The molecule has 30 heavy (non-hydrogen) atoms. The number of piperazine rings is 1. The number of hydrogen-bond donors (Lipinski definition) is 1. The maximum absolute atomic E-state index is 5.92. The number of nitrogens with one attached hydrogen (secondary N) is 1. The Morgan fingerprint density at radius 2 is 1.90 bits per heavy atom. The van der Waals surface area contributed by atoms with E-state index in [-0.39, 0.29) is 0 Å². The minimum absolute atomic E-state index is 0.536. The molecule has 5 heteroatoms. The first-order valence-electron chi connectivity index (χ1n) is 11.2. The summed E-state index contributed by atoms with van der Waals surface area (Å²) >= 11 is 0. The molecule has 1 saturated heterocycles. The Hall–Kier alpha value is -2.66. The Bertz CT molecular complexity index is 878. The number of aryl methyl sites for hydroxylation is 1. The van der Waals surface area contributed by atoms with Gasteiger partial charge in [0.2, 0.25) is 5.88 Å². The average molecular weight is 406 g/mol. The number of ether oxygens (including phenoxy) is 2. The van der Waals surface area contributed by atoms with E-state index < -0.39 is 0 Å². The lowest BCUT2D eigenvalue weighted by Gasteiger charge is -2.39. The van der Waals surface area contributed by atoms with Gasteiger partial charge in [-0.3, -0.25) is 4.90 Å². The van der Waals surface area contributed by atoms with Crippen molar-refractivity contribution in [2.75, 3.05) is 38.0 Å². The van der Waals surface area contributed by atoms with E-state index in [0.717, 1.165) is 63.6 Å². The fraction of sp³-hybridized carbons (Fsp3) is 0.440. The molecule has 5 rings (SSSR count). The smallest absolute Gasteiger partial charge is 0.231 e. The Balaban J connectivity index is 1.07. The second-order valence-corrected chi connectivity index (χ2v) is 8.57. The zero-order chi connectivity index (χ0) is 20.2. The summed E-state index contributed by atoms with van der Waals surface area (Å²) in [5, 5.41) is 3.73. The van der Waals surface area contributed by atoms with Gasteiger partial charge in [0.15, 0.2) is 6.26 Å². The summed E-state index contributed by atoms with van der Waals surface area (Å²) in [6.45, 7) is 5.15.